The number of halogens is 5. The van der Waals surface area contributed by atoms with E-state index in [1.165, 1.54) is 0 Å². The molecular weight excluding hydrogens is 193 g/mol. The van der Waals surface area contributed by atoms with Gasteiger partial charge in [-0.2, -0.15) is 22.0 Å². The molecule has 0 unspecified atom stereocenters. The van der Waals surface area contributed by atoms with E-state index >= 15 is 0 Å². The minimum atomic E-state index is -5.49. The van der Waals surface area contributed by atoms with E-state index in [4.69, 9.17) is 0 Å². The molecule has 1 nitrogen and oxygen atoms in total. The molecule has 0 aromatic rings. The molecule has 0 saturated carbocycles. The molecule has 76 valence electrons. The van der Waals surface area contributed by atoms with E-state index in [1.54, 1.807) is 0 Å². The van der Waals surface area contributed by atoms with Crippen LogP contribution in [0.4, 0.5) is 22.0 Å². The maximum atomic E-state index is 12.6. The topological polar surface area (TPSA) is 12.4 Å². The van der Waals surface area contributed by atoms with Crippen molar-refractivity contribution in [2.45, 2.75) is 37.4 Å². The van der Waals surface area contributed by atoms with Crippen molar-refractivity contribution < 1.29 is 22.0 Å². The normalized spacial score (nSPS) is 24.8. The summed E-state index contributed by atoms with van der Waals surface area (Å²) in [5.41, 5.74) is 0. The van der Waals surface area contributed by atoms with Gasteiger partial charge in [-0.3, -0.25) is 4.99 Å². The molecule has 13 heavy (non-hydrogen) atoms. The first-order chi connectivity index (χ1) is 5.86. The van der Waals surface area contributed by atoms with Crippen LogP contribution >= 0.6 is 0 Å². The number of nitrogens with zero attached hydrogens (tertiary/aromatic N) is 1. The lowest BCUT2D eigenvalue weighted by molar-refractivity contribution is -0.290. The molecule has 0 N–H and O–H groups in total. The lowest BCUT2D eigenvalue weighted by Gasteiger charge is -2.27. The Hall–Kier alpha value is -0.680. The molecule has 0 aromatic heterocycles. The van der Waals surface area contributed by atoms with Crippen LogP contribution < -0.4 is 0 Å². The molecule has 1 aliphatic rings. The van der Waals surface area contributed by atoms with Gasteiger partial charge in [0.25, 0.3) is 0 Å². The predicted octanol–water partition coefficient (Wildman–Crippen LogP) is 2.81. The Morgan fingerprint density at radius 2 is 1.77 bits per heavy atom. The van der Waals surface area contributed by atoms with Gasteiger partial charge in [0.2, 0.25) is 0 Å². The Balaban J connectivity index is 2.79. The lowest BCUT2D eigenvalue weighted by atomic mass is 10.0. The van der Waals surface area contributed by atoms with Crippen LogP contribution in [0.2, 0.25) is 0 Å². The predicted molar refractivity (Wildman–Crippen MR) is 37.1 cm³/mol. The highest BCUT2D eigenvalue weighted by atomic mass is 19.4. The summed E-state index contributed by atoms with van der Waals surface area (Å²) >= 11 is 0. The molecule has 1 atom stereocenters. The number of hydrogen-bond acceptors (Lipinski definition) is 1. The zero-order chi connectivity index (χ0) is 10.1. The molecule has 1 rings (SSSR count). The second kappa shape index (κ2) is 3.23. The molecule has 0 aliphatic carbocycles. The van der Waals surface area contributed by atoms with Gasteiger partial charge >= 0.3 is 12.1 Å². The Kier molecular flexibility index (Phi) is 2.58. The van der Waals surface area contributed by atoms with Crippen LogP contribution in [0.5, 0.6) is 0 Å². The fourth-order valence-corrected chi connectivity index (χ4v) is 1.14. The van der Waals surface area contributed by atoms with Crippen LogP contribution in [0, 0.1) is 0 Å². The summed E-state index contributed by atoms with van der Waals surface area (Å²) in [5, 5.41) is 0. The minimum Gasteiger partial charge on any atom is -0.288 e. The maximum Gasteiger partial charge on any atom is 0.455 e. The Morgan fingerprint density at radius 1 is 1.15 bits per heavy atom. The second-order valence-electron chi connectivity index (χ2n) is 2.90. The van der Waals surface area contributed by atoms with Crippen LogP contribution in [-0.4, -0.2) is 24.4 Å². The summed E-state index contributed by atoms with van der Waals surface area (Å²) in [5.74, 6) is -4.69. The third-order valence-electron chi connectivity index (χ3n) is 1.89. The van der Waals surface area contributed by atoms with Crippen LogP contribution in [0.15, 0.2) is 4.99 Å². The molecule has 0 aromatic carbocycles. The van der Waals surface area contributed by atoms with Crippen LogP contribution in [-0.2, 0) is 0 Å². The molecule has 0 saturated heterocycles. The Bertz CT molecular complexity index is 207. The third-order valence-corrected chi connectivity index (χ3v) is 1.89. The molecule has 0 radical (unpaired) electrons. The largest absolute Gasteiger partial charge is 0.455 e. The van der Waals surface area contributed by atoms with E-state index in [9.17, 15) is 22.0 Å². The standard InChI is InChI=1S/C7H8F5N/c8-6(9,7(10,11)12)5-3-1-2-4-13-5/h4-5H,1-3H2/t5-/m0/s1. The van der Waals surface area contributed by atoms with Gasteiger partial charge in [-0.1, -0.05) is 0 Å². The van der Waals surface area contributed by atoms with Gasteiger partial charge in [0.1, 0.15) is 6.04 Å². The van der Waals surface area contributed by atoms with Crippen LogP contribution in [0.3, 0.4) is 0 Å². The summed E-state index contributed by atoms with van der Waals surface area (Å²) < 4.78 is 60.5. The molecule has 1 heterocycles. The SMILES string of the molecule is FC(F)(F)C(F)(F)[C@@H]1CCCC=N1. The Labute approximate surface area is 71.6 Å². The second-order valence-corrected chi connectivity index (χ2v) is 2.90. The zero-order valence-corrected chi connectivity index (χ0v) is 6.61. The van der Waals surface area contributed by atoms with Gasteiger partial charge in [0, 0.05) is 0 Å². The van der Waals surface area contributed by atoms with Gasteiger partial charge in [0.15, 0.2) is 0 Å². The molecule has 6 heteroatoms. The van der Waals surface area contributed by atoms with E-state index in [1.807, 2.05) is 0 Å². The smallest absolute Gasteiger partial charge is 0.288 e. The first kappa shape index (κ1) is 10.4. The third kappa shape index (κ3) is 1.97. The minimum absolute atomic E-state index is 0.205. The first-order valence-corrected chi connectivity index (χ1v) is 3.82. The van der Waals surface area contributed by atoms with Gasteiger partial charge in [-0.25, -0.2) is 0 Å². The van der Waals surface area contributed by atoms with Crippen LogP contribution in [0.25, 0.3) is 0 Å². The highest BCUT2D eigenvalue weighted by molar-refractivity contribution is 5.58. The van der Waals surface area contributed by atoms with Crippen molar-refractivity contribution in [1.29, 1.82) is 0 Å². The molecule has 0 amide bonds. The first-order valence-electron chi connectivity index (χ1n) is 3.82. The van der Waals surface area contributed by atoms with Crippen molar-refractivity contribution in [3.63, 3.8) is 0 Å². The summed E-state index contributed by atoms with van der Waals surface area (Å²) in [6.45, 7) is 0. The average Bonchev–Trinajstić information content (AvgIpc) is 2.04. The zero-order valence-electron chi connectivity index (χ0n) is 6.61. The summed E-state index contributed by atoms with van der Waals surface area (Å²) in [4.78, 5) is 3.17. The summed E-state index contributed by atoms with van der Waals surface area (Å²) in [6.07, 6.45) is -3.76. The summed E-state index contributed by atoms with van der Waals surface area (Å²) in [7, 11) is 0. The van der Waals surface area contributed by atoms with Gasteiger partial charge in [-0.15, -0.1) is 0 Å². The molecule has 0 spiro atoms. The van der Waals surface area contributed by atoms with E-state index in [0.717, 1.165) is 6.21 Å². The molecule has 1 aliphatic heterocycles. The van der Waals surface area contributed by atoms with Crippen molar-refractivity contribution in [2.75, 3.05) is 0 Å². The average molecular weight is 201 g/mol. The van der Waals surface area contributed by atoms with Crippen LogP contribution in [0.1, 0.15) is 19.3 Å². The van der Waals surface area contributed by atoms with E-state index in [-0.39, 0.29) is 6.42 Å². The van der Waals surface area contributed by atoms with E-state index < -0.39 is 18.1 Å². The maximum absolute atomic E-state index is 12.6. The number of alkyl halides is 5. The molecule has 0 fully saturated rings. The van der Waals surface area contributed by atoms with Crippen molar-refractivity contribution in [3.05, 3.63) is 0 Å². The van der Waals surface area contributed by atoms with Crippen molar-refractivity contribution in [1.82, 2.24) is 0 Å². The van der Waals surface area contributed by atoms with E-state index in [0.29, 0.717) is 12.8 Å². The fraction of sp³-hybridized carbons (Fsp3) is 0.857. The monoisotopic (exact) mass is 201 g/mol. The molecule has 0 bridgehead atoms. The molecular formula is C7H8F5N. The van der Waals surface area contributed by atoms with Crippen molar-refractivity contribution in [2.24, 2.45) is 4.99 Å². The number of hydrogen-bond donors (Lipinski definition) is 0. The van der Waals surface area contributed by atoms with Gasteiger partial charge < -0.3 is 0 Å². The Morgan fingerprint density at radius 3 is 2.15 bits per heavy atom. The quantitative estimate of drug-likeness (QED) is 0.578. The highest BCUT2D eigenvalue weighted by Gasteiger charge is 2.62. The van der Waals surface area contributed by atoms with Crippen molar-refractivity contribution in [3.8, 4) is 0 Å². The van der Waals surface area contributed by atoms with Gasteiger partial charge in [-0.05, 0) is 25.5 Å². The number of aliphatic imine (C=N–C) groups is 1. The van der Waals surface area contributed by atoms with E-state index in [2.05, 4.69) is 4.99 Å². The summed E-state index contributed by atoms with van der Waals surface area (Å²) in [6, 6.07) is -1.93. The highest BCUT2D eigenvalue weighted by Crippen LogP contribution is 2.41. The van der Waals surface area contributed by atoms with Crippen molar-refractivity contribution >= 4 is 6.21 Å². The van der Waals surface area contributed by atoms with Gasteiger partial charge in [0.05, 0.1) is 0 Å². The lowest BCUT2D eigenvalue weighted by Crippen LogP contribution is -2.46. The number of rotatable bonds is 1. The fourth-order valence-electron chi connectivity index (χ4n) is 1.14.